The smallest absolute Gasteiger partial charge is 0.258 e. The van der Waals surface area contributed by atoms with Crippen LogP contribution in [0.15, 0.2) is 45.8 Å². The number of rotatable bonds is 5. The Balaban J connectivity index is 1.46. The molecule has 4 rings (SSSR count). The number of carbonyl (C=O) groups excluding carboxylic acids is 1. The van der Waals surface area contributed by atoms with Crippen molar-refractivity contribution >= 4 is 32.4 Å². The van der Waals surface area contributed by atoms with E-state index < -0.39 is 9.73 Å². The van der Waals surface area contributed by atoms with Crippen molar-refractivity contribution in [3.8, 4) is 5.75 Å². The van der Waals surface area contributed by atoms with Crippen LogP contribution in [0.3, 0.4) is 0 Å². The SMILES string of the molecule is COc1ccc2c(CC(=O)N=S(C)(=O)C3CCN(c4cnccn4)CC3)coc2c1C. The van der Waals surface area contributed by atoms with Crippen LogP contribution in [0.2, 0.25) is 0 Å². The minimum atomic E-state index is -2.65. The van der Waals surface area contributed by atoms with E-state index in [1.807, 2.05) is 19.1 Å². The first-order valence-electron chi connectivity index (χ1n) is 10.2. The molecule has 1 unspecified atom stereocenters. The molecule has 1 amide bonds. The molecule has 0 bridgehead atoms. The average molecular weight is 443 g/mol. The van der Waals surface area contributed by atoms with Crippen LogP contribution in [0.5, 0.6) is 5.75 Å². The number of furan rings is 1. The molecule has 1 saturated heterocycles. The fourth-order valence-electron chi connectivity index (χ4n) is 4.08. The van der Waals surface area contributed by atoms with E-state index in [2.05, 4.69) is 19.2 Å². The van der Waals surface area contributed by atoms with E-state index >= 15 is 0 Å². The van der Waals surface area contributed by atoms with Crippen LogP contribution in [0.25, 0.3) is 11.0 Å². The molecule has 2 aromatic heterocycles. The summed E-state index contributed by atoms with van der Waals surface area (Å²) in [4.78, 5) is 23.2. The molecule has 9 heteroatoms. The van der Waals surface area contributed by atoms with Gasteiger partial charge in [0, 0.05) is 53.5 Å². The van der Waals surface area contributed by atoms with E-state index in [4.69, 9.17) is 9.15 Å². The van der Waals surface area contributed by atoms with Crippen molar-refractivity contribution in [2.24, 2.45) is 4.36 Å². The quantitative estimate of drug-likeness (QED) is 0.597. The fourth-order valence-corrected chi connectivity index (χ4v) is 5.78. The summed E-state index contributed by atoms with van der Waals surface area (Å²) >= 11 is 0. The maximum atomic E-state index is 13.3. The molecule has 0 N–H and O–H groups in total. The highest BCUT2D eigenvalue weighted by Crippen LogP contribution is 2.31. The molecule has 1 aliphatic heterocycles. The molecule has 1 aromatic carbocycles. The number of benzene rings is 1. The van der Waals surface area contributed by atoms with Crippen LogP contribution < -0.4 is 9.64 Å². The summed E-state index contributed by atoms with van der Waals surface area (Å²) in [7, 11) is -1.04. The number of fused-ring (bicyclic) bond motifs is 1. The zero-order valence-electron chi connectivity index (χ0n) is 17.9. The Bertz CT molecular complexity index is 1210. The largest absolute Gasteiger partial charge is 0.496 e. The molecule has 164 valence electrons. The van der Waals surface area contributed by atoms with Crippen LogP contribution in [-0.4, -0.2) is 51.8 Å². The summed E-state index contributed by atoms with van der Waals surface area (Å²) in [5, 5.41) is 0.721. The molecular weight excluding hydrogens is 416 g/mol. The van der Waals surface area contributed by atoms with Gasteiger partial charge in [0.05, 0.1) is 35.7 Å². The lowest BCUT2D eigenvalue weighted by Crippen LogP contribution is -2.39. The monoisotopic (exact) mass is 442 g/mol. The summed E-state index contributed by atoms with van der Waals surface area (Å²) in [6.45, 7) is 3.34. The second kappa shape index (κ2) is 8.66. The average Bonchev–Trinajstić information content (AvgIpc) is 3.18. The summed E-state index contributed by atoms with van der Waals surface area (Å²) in [6, 6.07) is 3.73. The van der Waals surface area contributed by atoms with Gasteiger partial charge in [-0.2, -0.15) is 4.36 Å². The molecule has 3 aromatic rings. The van der Waals surface area contributed by atoms with E-state index in [0.29, 0.717) is 31.5 Å². The number of methoxy groups -OCH3 is 1. The molecule has 8 nitrogen and oxygen atoms in total. The van der Waals surface area contributed by atoms with Crippen molar-refractivity contribution in [1.29, 1.82) is 0 Å². The number of ether oxygens (including phenoxy) is 1. The number of amides is 1. The van der Waals surface area contributed by atoms with Crippen molar-refractivity contribution in [3.63, 3.8) is 0 Å². The van der Waals surface area contributed by atoms with Gasteiger partial charge in [-0.3, -0.25) is 9.78 Å². The predicted octanol–water partition coefficient (Wildman–Crippen LogP) is 3.38. The number of aryl methyl sites for hydroxylation is 1. The maximum absolute atomic E-state index is 13.3. The Morgan fingerprint density at radius 1 is 1.32 bits per heavy atom. The molecule has 1 aliphatic rings. The standard InChI is InChI=1S/C22H26N4O4S/c1-15-19(29-2)5-4-18-16(14-30-22(15)18)12-21(27)25-31(3,28)17-6-10-26(11-7-17)20-13-23-8-9-24-20/h4-5,8-9,13-14,17H,6-7,10-12H2,1-3H3. The van der Waals surface area contributed by atoms with E-state index in [-0.39, 0.29) is 17.6 Å². The Morgan fingerprint density at radius 3 is 2.77 bits per heavy atom. The van der Waals surface area contributed by atoms with E-state index in [9.17, 15) is 9.00 Å². The molecule has 0 radical (unpaired) electrons. The number of carbonyl (C=O) groups is 1. The second-order valence-corrected chi connectivity index (χ2v) is 10.4. The summed E-state index contributed by atoms with van der Waals surface area (Å²) in [5.74, 6) is 1.16. The molecule has 1 atom stereocenters. The minimum absolute atomic E-state index is 0.0576. The Labute approximate surface area is 181 Å². The molecule has 0 aliphatic carbocycles. The van der Waals surface area contributed by atoms with Gasteiger partial charge in [0.1, 0.15) is 17.2 Å². The molecule has 3 heterocycles. The zero-order valence-corrected chi connectivity index (χ0v) is 18.7. The Morgan fingerprint density at radius 2 is 2.10 bits per heavy atom. The lowest BCUT2D eigenvalue weighted by molar-refractivity contribution is -0.117. The number of hydrogen-bond donors (Lipinski definition) is 0. The van der Waals surface area contributed by atoms with Gasteiger partial charge in [-0.25, -0.2) is 9.19 Å². The number of nitrogens with zero attached hydrogens (tertiary/aromatic N) is 4. The van der Waals surface area contributed by atoms with Crippen molar-refractivity contribution in [2.75, 3.05) is 31.4 Å². The van der Waals surface area contributed by atoms with Gasteiger partial charge in [-0.05, 0) is 31.9 Å². The van der Waals surface area contributed by atoms with Crippen LogP contribution in [0.1, 0.15) is 24.0 Å². The molecule has 0 saturated carbocycles. The number of anilines is 1. The fraction of sp³-hybridized carbons (Fsp3) is 0.409. The Kier molecular flexibility index (Phi) is 5.95. The van der Waals surface area contributed by atoms with E-state index in [1.54, 1.807) is 38.2 Å². The first-order valence-corrected chi connectivity index (χ1v) is 12.2. The number of aromatic nitrogens is 2. The molecule has 1 fully saturated rings. The third-order valence-electron chi connectivity index (χ3n) is 5.80. The lowest BCUT2D eigenvalue weighted by Gasteiger charge is -2.32. The van der Waals surface area contributed by atoms with Crippen molar-refractivity contribution in [2.45, 2.75) is 31.4 Å². The van der Waals surface area contributed by atoms with Crippen LogP contribution in [0.4, 0.5) is 5.82 Å². The Hall–Kier alpha value is -2.94. The van der Waals surface area contributed by atoms with Gasteiger partial charge in [0.25, 0.3) is 5.91 Å². The highest BCUT2D eigenvalue weighted by atomic mass is 32.2. The first kappa shape index (κ1) is 21.3. The molecular formula is C22H26N4O4S. The third-order valence-corrected chi connectivity index (χ3v) is 8.07. The summed E-state index contributed by atoms with van der Waals surface area (Å²) < 4.78 is 28.4. The maximum Gasteiger partial charge on any atom is 0.258 e. The van der Waals surface area contributed by atoms with Gasteiger partial charge < -0.3 is 14.1 Å². The van der Waals surface area contributed by atoms with Crippen LogP contribution in [-0.2, 0) is 20.9 Å². The summed E-state index contributed by atoms with van der Waals surface area (Å²) in [5.41, 5.74) is 2.31. The topological polar surface area (TPSA) is 97.9 Å². The predicted molar refractivity (Wildman–Crippen MR) is 120 cm³/mol. The lowest BCUT2D eigenvalue weighted by atomic mass is 10.1. The number of hydrogen-bond acceptors (Lipinski definition) is 7. The van der Waals surface area contributed by atoms with Gasteiger partial charge in [-0.15, -0.1) is 0 Å². The first-order chi connectivity index (χ1) is 14.9. The molecule has 0 spiro atoms. The van der Waals surface area contributed by atoms with Gasteiger partial charge in [0.15, 0.2) is 0 Å². The van der Waals surface area contributed by atoms with E-state index in [1.165, 1.54) is 0 Å². The van der Waals surface area contributed by atoms with Crippen molar-refractivity contribution in [3.05, 3.63) is 48.1 Å². The van der Waals surface area contributed by atoms with Gasteiger partial charge >= 0.3 is 0 Å². The minimum Gasteiger partial charge on any atom is -0.496 e. The summed E-state index contributed by atoms with van der Waals surface area (Å²) in [6.07, 6.45) is 9.63. The third kappa shape index (κ3) is 4.41. The van der Waals surface area contributed by atoms with Gasteiger partial charge in [-0.1, -0.05) is 0 Å². The van der Waals surface area contributed by atoms with Crippen LogP contribution >= 0.6 is 0 Å². The van der Waals surface area contributed by atoms with E-state index in [0.717, 1.165) is 28.1 Å². The highest BCUT2D eigenvalue weighted by Gasteiger charge is 2.27. The number of piperidine rings is 1. The normalized spacial score (nSPS) is 16.8. The van der Waals surface area contributed by atoms with Crippen molar-refractivity contribution < 1.29 is 18.2 Å². The van der Waals surface area contributed by atoms with Gasteiger partial charge in [0.2, 0.25) is 0 Å². The van der Waals surface area contributed by atoms with Crippen LogP contribution in [0, 0.1) is 6.92 Å². The van der Waals surface area contributed by atoms with Crippen molar-refractivity contribution in [1.82, 2.24) is 9.97 Å². The highest BCUT2D eigenvalue weighted by molar-refractivity contribution is 7.93. The zero-order chi connectivity index (χ0) is 22.0. The molecule has 31 heavy (non-hydrogen) atoms. The second-order valence-electron chi connectivity index (χ2n) is 7.80.